The third kappa shape index (κ3) is 4.52. The van der Waals surface area contributed by atoms with Crippen LogP contribution in [0, 0.1) is 0 Å². The smallest absolute Gasteiger partial charge is 0.269 e. The average Bonchev–Trinajstić information content (AvgIpc) is 2.45. The quantitative estimate of drug-likeness (QED) is 0.784. The van der Waals surface area contributed by atoms with Gasteiger partial charge in [-0.2, -0.15) is 0 Å². The minimum Gasteiger partial charge on any atom is -0.397 e. The van der Waals surface area contributed by atoms with Crippen molar-refractivity contribution in [3.8, 4) is 0 Å². The molecule has 0 spiro atoms. The lowest BCUT2D eigenvalue weighted by molar-refractivity contribution is 0.0946. The molecule has 104 valence electrons. The molecule has 1 aromatic heterocycles. The van der Waals surface area contributed by atoms with Crippen LogP contribution in [0.25, 0.3) is 0 Å². The zero-order valence-electron chi connectivity index (χ0n) is 11.3. The SMILES string of the molecule is Nc1ccc(C(=O)NCCCN2CCCCC2)nc1. The molecule has 0 saturated carbocycles. The lowest BCUT2D eigenvalue weighted by Gasteiger charge is -2.26. The van der Waals surface area contributed by atoms with E-state index in [9.17, 15) is 4.79 Å². The molecule has 0 unspecified atom stereocenters. The lowest BCUT2D eigenvalue weighted by Crippen LogP contribution is -2.33. The minimum absolute atomic E-state index is 0.126. The van der Waals surface area contributed by atoms with E-state index in [1.807, 2.05) is 0 Å². The summed E-state index contributed by atoms with van der Waals surface area (Å²) in [6.45, 7) is 4.16. The Labute approximate surface area is 114 Å². The van der Waals surface area contributed by atoms with Gasteiger partial charge in [0.05, 0.1) is 11.9 Å². The number of anilines is 1. The molecule has 0 radical (unpaired) electrons. The standard InChI is InChI=1S/C14H22N4O/c15-12-5-6-13(17-11-12)14(19)16-7-4-10-18-8-2-1-3-9-18/h5-6,11H,1-4,7-10,15H2,(H,16,19). The second kappa shape index (κ2) is 7.09. The Morgan fingerprint density at radius 1 is 1.32 bits per heavy atom. The van der Waals surface area contributed by atoms with Gasteiger partial charge in [0.2, 0.25) is 0 Å². The van der Waals surface area contributed by atoms with Gasteiger partial charge in [-0.1, -0.05) is 6.42 Å². The first-order chi connectivity index (χ1) is 9.25. The van der Waals surface area contributed by atoms with Gasteiger partial charge in [0, 0.05) is 6.54 Å². The molecule has 2 rings (SSSR count). The predicted octanol–water partition coefficient (Wildman–Crippen LogP) is 1.27. The fraction of sp³-hybridized carbons (Fsp3) is 0.571. The number of hydrogen-bond acceptors (Lipinski definition) is 4. The zero-order chi connectivity index (χ0) is 13.5. The number of nitrogens with zero attached hydrogens (tertiary/aromatic N) is 2. The summed E-state index contributed by atoms with van der Waals surface area (Å²) in [5, 5.41) is 2.89. The topological polar surface area (TPSA) is 71.2 Å². The highest BCUT2D eigenvalue weighted by molar-refractivity contribution is 5.92. The highest BCUT2D eigenvalue weighted by Gasteiger charge is 2.10. The van der Waals surface area contributed by atoms with E-state index < -0.39 is 0 Å². The summed E-state index contributed by atoms with van der Waals surface area (Å²) in [5.74, 6) is -0.126. The van der Waals surface area contributed by atoms with Crippen LogP contribution in [0.1, 0.15) is 36.2 Å². The van der Waals surface area contributed by atoms with E-state index in [4.69, 9.17) is 5.73 Å². The first kappa shape index (κ1) is 13.8. The van der Waals surface area contributed by atoms with E-state index in [0.29, 0.717) is 17.9 Å². The molecule has 0 bridgehead atoms. The maximum atomic E-state index is 11.8. The van der Waals surface area contributed by atoms with Crippen molar-refractivity contribution in [1.29, 1.82) is 0 Å². The fourth-order valence-electron chi connectivity index (χ4n) is 2.32. The van der Waals surface area contributed by atoms with Crippen LogP contribution in [0.5, 0.6) is 0 Å². The number of nitrogen functional groups attached to an aromatic ring is 1. The van der Waals surface area contributed by atoms with Gasteiger partial charge < -0.3 is 16.0 Å². The molecule has 0 aliphatic carbocycles. The van der Waals surface area contributed by atoms with Gasteiger partial charge in [-0.05, 0) is 51.0 Å². The molecule has 19 heavy (non-hydrogen) atoms. The van der Waals surface area contributed by atoms with Crippen LogP contribution < -0.4 is 11.1 Å². The highest BCUT2D eigenvalue weighted by Crippen LogP contribution is 2.08. The van der Waals surface area contributed by atoms with Crippen LogP contribution in [0.2, 0.25) is 0 Å². The maximum Gasteiger partial charge on any atom is 0.269 e. The second-order valence-corrected chi connectivity index (χ2v) is 4.99. The number of amides is 1. The van der Waals surface area contributed by atoms with Crippen molar-refractivity contribution in [2.24, 2.45) is 0 Å². The van der Waals surface area contributed by atoms with E-state index in [2.05, 4.69) is 15.2 Å². The van der Waals surface area contributed by atoms with Crippen molar-refractivity contribution in [1.82, 2.24) is 15.2 Å². The fourth-order valence-corrected chi connectivity index (χ4v) is 2.32. The van der Waals surface area contributed by atoms with Crippen molar-refractivity contribution in [2.45, 2.75) is 25.7 Å². The number of nitrogens with two attached hydrogens (primary N) is 1. The van der Waals surface area contributed by atoms with Crippen molar-refractivity contribution in [3.05, 3.63) is 24.0 Å². The molecule has 2 heterocycles. The third-order valence-electron chi connectivity index (χ3n) is 3.40. The van der Waals surface area contributed by atoms with Crippen molar-refractivity contribution in [3.63, 3.8) is 0 Å². The van der Waals surface area contributed by atoms with Crippen LogP contribution in [0.15, 0.2) is 18.3 Å². The van der Waals surface area contributed by atoms with Crippen LogP contribution in [-0.4, -0.2) is 42.0 Å². The van der Waals surface area contributed by atoms with Crippen LogP contribution in [0.4, 0.5) is 5.69 Å². The van der Waals surface area contributed by atoms with Crippen molar-refractivity contribution >= 4 is 11.6 Å². The number of pyridine rings is 1. The Morgan fingerprint density at radius 2 is 2.11 bits per heavy atom. The second-order valence-electron chi connectivity index (χ2n) is 4.99. The van der Waals surface area contributed by atoms with Gasteiger partial charge in [0.25, 0.3) is 5.91 Å². The summed E-state index contributed by atoms with van der Waals surface area (Å²) in [4.78, 5) is 18.2. The number of aromatic nitrogens is 1. The van der Waals surface area contributed by atoms with Crippen molar-refractivity contribution < 1.29 is 4.79 Å². The number of carbonyl (C=O) groups excluding carboxylic acids is 1. The van der Waals surface area contributed by atoms with E-state index in [1.54, 1.807) is 12.1 Å². The van der Waals surface area contributed by atoms with Crippen LogP contribution in [-0.2, 0) is 0 Å². The molecule has 1 aliphatic heterocycles. The number of hydrogen-bond donors (Lipinski definition) is 2. The minimum atomic E-state index is -0.126. The lowest BCUT2D eigenvalue weighted by atomic mass is 10.1. The summed E-state index contributed by atoms with van der Waals surface area (Å²) in [6, 6.07) is 3.34. The van der Waals surface area contributed by atoms with Gasteiger partial charge in [0.15, 0.2) is 0 Å². The summed E-state index contributed by atoms with van der Waals surface area (Å²) in [5.41, 5.74) is 6.53. The average molecular weight is 262 g/mol. The number of rotatable bonds is 5. The highest BCUT2D eigenvalue weighted by atomic mass is 16.1. The van der Waals surface area contributed by atoms with E-state index >= 15 is 0 Å². The number of likely N-dealkylation sites (tertiary alicyclic amines) is 1. The summed E-state index contributed by atoms with van der Waals surface area (Å²) < 4.78 is 0. The summed E-state index contributed by atoms with van der Waals surface area (Å²) >= 11 is 0. The normalized spacial score (nSPS) is 16.2. The number of carbonyl (C=O) groups is 1. The van der Waals surface area contributed by atoms with Gasteiger partial charge in [-0.3, -0.25) is 4.79 Å². The van der Waals surface area contributed by atoms with Gasteiger partial charge >= 0.3 is 0 Å². The molecule has 1 amide bonds. The van der Waals surface area contributed by atoms with Crippen molar-refractivity contribution in [2.75, 3.05) is 31.9 Å². The Kier molecular flexibility index (Phi) is 5.15. The number of piperidine rings is 1. The maximum absolute atomic E-state index is 11.8. The summed E-state index contributed by atoms with van der Waals surface area (Å²) in [7, 11) is 0. The zero-order valence-corrected chi connectivity index (χ0v) is 11.3. The van der Waals surface area contributed by atoms with Gasteiger partial charge in [-0.15, -0.1) is 0 Å². The molecular formula is C14H22N4O. The molecule has 1 saturated heterocycles. The largest absolute Gasteiger partial charge is 0.397 e. The van der Waals surface area contributed by atoms with Gasteiger partial charge in [-0.25, -0.2) is 4.98 Å². The molecule has 1 aromatic rings. The Bertz CT molecular complexity index is 398. The molecule has 3 N–H and O–H groups in total. The Balaban J connectivity index is 1.64. The van der Waals surface area contributed by atoms with Gasteiger partial charge in [0.1, 0.15) is 5.69 Å². The molecule has 1 fully saturated rings. The number of nitrogens with one attached hydrogen (secondary N) is 1. The summed E-state index contributed by atoms with van der Waals surface area (Å²) in [6.07, 6.45) is 6.46. The molecule has 0 aromatic carbocycles. The third-order valence-corrected chi connectivity index (χ3v) is 3.40. The Hall–Kier alpha value is -1.62. The van der Waals surface area contributed by atoms with Crippen LogP contribution >= 0.6 is 0 Å². The predicted molar refractivity (Wildman–Crippen MR) is 75.9 cm³/mol. The van der Waals surface area contributed by atoms with E-state index in [1.165, 1.54) is 38.5 Å². The van der Waals surface area contributed by atoms with E-state index in [-0.39, 0.29) is 5.91 Å². The first-order valence-corrected chi connectivity index (χ1v) is 6.98. The Morgan fingerprint density at radius 3 is 2.79 bits per heavy atom. The van der Waals surface area contributed by atoms with E-state index in [0.717, 1.165) is 13.0 Å². The monoisotopic (exact) mass is 262 g/mol. The molecule has 5 heteroatoms. The molecule has 0 atom stereocenters. The first-order valence-electron chi connectivity index (χ1n) is 6.98. The molecule has 5 nitrogen and oxygen atoms in total. The van der Waals surface area contributed by atoms with Crippen LogP contribution in [0.3, 0.4) is 0 Å². The molecule has 1 aliphatic rings. The molecular weight excluding hydrogens is 240 g/mol.